The summed E-state index contributed by atoms with van der Waals surface area (Å²) in [5.74, 6) is 0.853. The Kier molecular flexibility index (Phi) is 4.59. The standard InChI is InChI=1S/C12H18O3/c1-9-5-10(2)7-11(6-9)15-8-12(13-3)14-4/h5-7,12H,8H2,1-4H3. The van der Waals surface area contributed by atoms with E-state index in [0.717, 1.165) is 5.75 Å². The predicted molar refractivity (Wildman–Crippen MR) is 59.2 cm³/mol. The average Bonchev–Trinajstić information content (AvgIpc) is 2.18. The fourth-order valence-corrected chi connectivity index (χ4v) is 1.41. The van der Waals surface area contributed by atoms with Crippen LogP contribution in [0.15, 0.2) is 18.2 Å². The van der Waals surface area contributed by atoms with E-state index in [4.69, 9.17) is 14.2 Å². The van der Waals surface area contributed by atoms with Crippen LogP contribution in [0, 0.1) is 13.8 Å². The predicted octanol–water partition coefficient (Wildman–Crippen LogP) is 2.30. The highest BCUT2D eigenvalue weighted by Gasteiger charge is 2.06. The van der Waals surface area contributed by atoms with Gasteiger partial charge in [-0.15, -0.1) is 0 Å². The molecule has 0 heterocycles. The fraction of sp³-hybridized carbons (Fsp3) is 0.500. The van der Waals surface area contributed by atoms with Crippen LogP contribution < -0.4 is 4.74 Å². The molecule has 3 nitrogen and oxygen atoms in total. The number of ether oxygens (including phenoxy) is 3. The largest absolute Gasteiger partial charge is 0.488 e. The molecule has 0 spiro atoms. The van der Waals surface area contributed by atoms with Crippen molar-refractivity contribution < 1.29 is 14.2 Å². The third kappa shape index (κ3) is 3.90. The summed E-state index contributed by atoms with van der Waals surface area (Å²) >= 11 is 0. The van der Waals surface area contributed by atoms with Gasteiger partial charge in [-0.05, 0) is 37.1 Å². The first-order chi connectivity index (χ1) is 7.15. The summed E-state index contributed by atoms with van der Waals surface area (Å²) in [6.45, 7) is 4.49. The Morgan fingerprint density at radius 2 is 1.53 bits per heavy atom. The average molecular weight is 210 g/mol. The van der Waals surface area contributed by atoms with Crippen LogP contribution in [0.2, 0.25) is 0 Å². The van der Waals surface area contributed by atoms with Crippen molar-refractivity contribution in [1.82, 2.24) is 0 Å². The smallest absolute Gasteiger partial charge is 0.191 e. The summed E-state index contributed by atoms with van der Waals surface area (Å²) in [7, 11) is 3.19. The first kappa shape index (κ1) is 12.0. The lowest BCUT2D eigenvalue weighted by atomic mass is 10.1. The van der Waals surface area contributed by atoms with Crippen LogP contribution in [-0.4, -0.2) is 27.1 Å². The van der Waals surface area contributed by atoms with Gasteiger partial charge in [0.15, 0.2) is 6.29 Å². The Labute approximate surface area is 91.0 Å². The van der Waals surface area contributed by atoms with Crippen LogP contribution in [0.1, 0.15) is 11.1 Å². The molecule has 0 aliphatic heterocycles. The summed E-state index contributed by atoms with van der Waals surface area (Å²) < 4.78 is 15.6. The Hall–Kier alpha value is -1.06. The van der Waals surface area contributed by atoms with Gasteiger partial charge in [0.1, 0.15) is 12.4 Å². The van der Waals surface area contributed by atoms with Crippen molar-refractivity contribution in [2.75, 3.05) is 20.8 Å². The van der Waals surface area contributed by atoms with Crippen molar-refractivity contribution in [2.24, 2.45) is 0 Å². The van der Waals surface area contributed by atoms with Gasteiger partial charge in [0.25, 0.3) is 0 Å². The number of hydrogen-bond acceptors (Lipinski definition) is 3. The number of hydrogen-bond donors (Lipinski definition) is 0. The second kappa shape index (κ2) is 5.73. The molecular weight excluding hydrogens is 192 g/mol. The molecule has 1 rings (SSSR count). The third-order valence-electron chi connectivity index (χ3n) is 2.11. The van der Waals surface area contributed by atoms with Crippen molar-refractivity contribution in [2.45, 2.75) is 20.1 Å². The number of rotatable bonds is 5. The molecule has 0 aliphatic carbocycles. The lowest BCUT2D eigenvalue weighted by molar-refractivity contribution is -0.121. The highest BCUT2D eigenvalue weighted by Crippen LogP contribution is 2.16. The van der Waals surface area contributed by atoms with Gasteiger partial charge >= 0.3 is 0 Å². The Balaban J connectivity index is 2.57. The fourth-order valence-electron chi connectivity index (χ4n) is 1.41. The zero-order chi connectivity index (χ0) is 11.3. The Bertz CT molecular complexity index is 285. The molecular formula is C12H18O3. The van der Waals surface area contributed by atoms with Gasteiger partial charge in [0.05, 0.1) is 0 Å². The molecule has 0 atom stereocenters. The molecule has 0 unspecified atom stereocenters. The van der Waals surface area contributed by atoms with Gasteiger partial charge in [0, 0.05) is 14.2 Å². The van der Waals surface area contributed by atoms with E-state index in [0.29, 0.717) is 6.61 Å². The van der Waals surface area contributed by atoms with Gasteiger partial charge < -0.3 is 14.2 Å². The minimum atomic E-state index is -0.314. The molecule has 1 aromatic rings. The molecule has 0 aromatic heterocycles. The maximum Gasteiger partial charge on any atom is 0.191 e. The lowest BCUT2D eigenvalue weighted by Gasteiger charge is -2.14. The zero-order valence-corrected chi connectivity index (χ0v) is 9.74. The van der Waals surface area contributed by atoms with Crippen LogP contribution in [0.5, 0.6) is 5.75 Å². The number of aryl methyl sites for hydroxylation is 2. The van der Waals surface area contributed by atoms with Crippen molar-refractivity contribution >= 4 is 0 Å². The molecule has 0 radical (unpaired) electrons. The second-order valence-electron chi connectivity index (χ2n) is 3.54. The van der Waals surface area contributed by atoms with Crippen LogP contribution in [0.25, 0.3) is 0 Å². The van der Waals surface area contributed by atoms with E-state index in [1.165, 1.54) is 11.1 Å². The molecule has 0 N–H and O–H groups in total. The van der Waals surface area contributed by atoms with Crippen LogP contribution >= 0.6 is 0 Å². The van der Waals surface area contributed by atoms with Gasteiger partial charge in [0.2, 0.25) is 0 Å². The summed E-state index contributed by atoms with van der Waals surface area (Å²) in [5, 5.41) is 0. The molecule has 15 heavy (non-hydrogen) atoms. The maximum absolute atomic E-state index is 5.56. The van der Waals surface area contributed by atoms with E-state index < -0.39 is 0 Å². The molecule has 0 fully saturated rings. The van der Waals surface area contributed by atoms with Gasteiger partial charge in [-0.25, -0.2) is 0 Å². The summed E-state index contributed by atoms with van der Waals surface area (Å²) in [6, 6.07) is 6.10. The Morgan fingerprint density at radius 1 is 1.00 bits per heavy atom. The minimum Gasteiger partial charge on any atom is -0.488 e. The molecule has 0 bridgehead atoms. The highest BCUT2D eigenvalue weighted by atomic mass is 16.7. The normalized spacial score (nSPS) is 10.7. The quantitative estimate of drug-likeness (QED) is 0.698. The summed E-state index contributed by atoms with van der Waals surface area (Å²) in [5.41, 5.74) is 2.38. The zero-order valence-electron chi connectivity index (χ0n) is 9.74. The van der Waals surface area contributed by atoms with E-state index >= 15 is 0 Å². The molecule has 1 aromatic carbocycles. The number of benzene rings is 1. The van der Waals surface area contributed by atoms with Crippen molar-refractivity contribution in [1.29, 1.82) is 0 Å². The first-order valence-electron chi connectivity index (χ1n) is 4.92. The summed E-state index contributed by atoms with van der Waals surface area (Å²) in [4.78, 5) is 0. The third-order valence-corrected chi connectivity index (χ3v) is 2.11. The monoisotopic (exact) mass is 210 g/mol. The molecule has 0 saturated carbocycles. The van der Waals surface area contributed by atoms with Crippen LogP contribution in [0.3, 0.4) is 0 Å². The van der Waals surface area contributed by atoms with E-state index in [1.54, 1.807) is 14.2 Å². The molecule has 0 saturated heterocycles. The van der Waals surface area contributed by atoms with Crippen LogP contribution in [0.4, 0.5) is 0 Å². The van der Waals surface area contributed by atoms with E-state index in [1.807, 2.05) is 26.0 Å². The Morgan fingerprint density at radius 3 is 2.00 bits per heavy atom. The topological polar surface area (TPSA) is 27.7 Å². The lowest BCUT2D eigenvalue weighted by Crippen LogP contribution is -2.22. The SMILES string of the molecule is COC(COc1cc(C)cc(C)c1)OC. The van der Waals surface area contributed by atoms with E-state index in [9.17, 15) is 0 Å². The second-order valence-corrected chi connectivity index (χ2v) is 3.54. The van der Waals surface area contributed by atoms with Gasteiger partial charge in [-0.1, -0.05) is 6.07 Å². The highest BCUT2D eigenvalue weighted by molar-refractivity contribution is 5.32. The van der Waals surface area contributed by atoms with Crippen molar-refractivity contribution in [3.63, 3.8) is 0 Å². The molecule has 3 heteroatoms. The van der Waals surface area contributed by atoms with Crippen molar-refractivity contribution in [3.8, 4) is 5.75 Å². The van der Waals surface area contributed by atoms with Gasteiger partial charge in [-0.3, -0.25) is 0 Å². The molecule has 0 aliphatic rings. The van der Waals surface area contributed by atoms with Crippen molar-refractivity contribution in [3.05, 3.63) is 29.3 Å². The van der Waals surface area contributed by atoms with E-state index in [2.05, 4.69) is 6.07 Å². The van der Waals surface area contributed by atoms with Crippen LogP contribution in [-0.2, 0) is 9.47 Å². The number of methoxy groups -OCH3 is 2. The summed E-state index contributed by atoms with van der Waals surface area (Å²) in [6.07, 6.45) is -0.314. The van der Waals surface area contributed by atoms with E-state index in [-0.39, 0.29) is 6.29 Å². The molecule has 0 amide bonds. The first-order valence-corrected chi connectivity index (χ1v) is 4.92. The maximum atomic E-state index is 5.56. The minimum absolute atomic E-state index is 0.314. The van der Waals surface area contributed by atoms with Gasteiger partial charge in [-0.2, -0.15) is 0 Å². The molecule has 84 valence electrons.